The molecule has 1 heterocycles. The number of hydrogen-bond acceptors (Lipinski definition) is 3. The standard InChI is InChI=1S/C17H16ClNOS/c1-19-10-17-13(12-6-2-5-9-16(12)21-17)11-20-15-8-4-3-7-14(15)18/h2-9,19H,10-11H2,1H3. The van der Waals surface area contributed by atoms with E-state index in [9.17, 15) is 0 Å². The monoisotopic (exact) mass is 317 g/mol. The zero-order valence-electron chi connectivity index (χ0n) is 11.7. The summed E-state index contributed by atoms with van der Waals surface area (Å²) in [4.78, 5) is 1.31. The van der Waals surface area contributed by atoms with Crippen molar-refractivity contribution in [1.82, 2.24) is 5.32 Å². The molecule has 0 unspecified atom stereocenters. The van der Waals surface area contributed by atoms with E-state index in [1.54, 1.807) is 0 Å². The first kappa shape index (κ1) is 14.4. The van der Waals surface area contributed by atoms with Gasteiger partial charge in [-0.1, -0.05) is 41.9 Å². The summed E-state index contributed by atoms with van der Waals surface area (Å²) >= 11 is 7.96. The fourth-order valence-corrected chi connectivity index (χ4v) is 3.73. The molecule has 0 atom stereocenters. The van der Waals surface area contributed by atoms with Gasteiger partial charge in [0, 0.05) is 21.7 Å². The van der Waals surface area contributed by atoms with Crippen LogP contribution in [-0.4, -0.2) is 7.05 Å². The SMILES string of the molecule is CNCc1sc2ccccc2c1COc1ccccc1Cl. The van der Waals surface area contributed by atoms with E-state index in [1.807, 2.05) is 42.6 Å². The molecule has 2 nitrogen and oxygen atoms in total. The minimum absolute atomic E-state index is 0.533. The van der Waals surface area contributed by atoms with Crippen LogP contribution in [0.2, 0.25) is 5.02 Å². The van der Waals surface area contributed by atoms with Crippen molar-refractivity contribution in [3.63, 3.8) is 0 Å². The fourth-order valence-electron chi connectivity index (χ4n) is 2.32. The molecule has 0 aliphatic rings. The molecule has 4 heteroatoms. The summed E-state index contributed by atoms with van der Waals surface area (Å²) in [6.07, 6.45) is 0. The van der Waals surface area contributed by atoms with Crippen LogP contribution in [0.3, 0.4) is 0 Å². The lowest BCUT2D eigenvalue weighted by Gasteiger charge is -2.09. The highest BCUT2D eigenvalue weighted by atomic mass is 35.5. The Morgan fingerprint density at radius 3 is 2.67 bits per heavy atom. The molecular weight excluding hydrogens is 302 g/mol. The summed E-state index contributed by atoms with van der Waals surface area (Å²) in [6, 6.07) is 16.0. The second-order valence-electron chi connectivity index (χ2n) is 4.75. The predicted molar refractivity (Wildman–Crippen MR) is 90.4 cm³/mol. The third-order valence-electron chi connectivity index (χ3n) is 3.33. The van der Waals surface area contributed by atoms with Gasteiger partial charge >= 0.3 is 0 Å². The van der Waals surface area contributed by atoms with E-state index >= 15 is 0 Å². The Bertz CT molecular complexity index is 753. The number of halogens is 1. The maximum atomic E-state index is 6.15. The normalized spacial score (nSPS) is 11.0. The van der Waals surface area contributed by atoms with Crippen molar-refractivity contribution in [2.75, 3.05) is 7.05 Å². The van der Waals surface area contributed by atoms with Crippen LogP contribution in [0, 0.1) is 0 Å². The van der Waals surface area contributed by atoms with Gasteiger partial charge in [0.1, 0.15) is 12.4 Å². The zero-order chi connectivity index (χ0) is 14.7. The van der Waals surface area contributed by atoms with Crippen LogP contribution in [-0.2, 0) is 13.2 Å². The Balaban J connectivity index is 1.92. The Morgan fingerprint density at radius 1 is 1.10 bits per heavy atom. The predicted octanol–water partition coefficient (Wildman–Crippen LogP) is 4.85. The smallest absolute Gasteiger partial charge is 0.138 e. The van der Waals surface area contributed by atoms with Crippen LogP contribution in [0.15, 0.2) is 48.5 Å². The Morgan fingerprint density at radius 2 is 1.86 bits per heavy atom. The number of hydrogen-bond donors (Lipinski definition) is 1. The molecule has 0 spiro atoms. The van der Waals surface area contributed by atoms with Gasteiger partial charge in [0.2, 0.25) is 0 Å². The Hall–Kier alpha value is -1.55. The third-order valence-corrected chi connectivity index (χ3v) is 4.85. The van der Waals surface area contributed by atoms with E-state index in [2.05, 4.69) is 29.6 Å². The van der Waals surface area contributed by atoms with E-state index in [1.165, 1.54) is 20.5 Å². The number of fused-ring (bicyclic) bond motifs is 1. The molecule has 108 valence electrons. The van der Waals surface area contributed by atoms with Crippen molar-refractivity contribution >= 4 is 33.0 Å². The summed E-state index contributed by atoms with van der Waals surface area (Å²) in [5, 5.41) is 5.13. The quantitative estimate of drug-likeness (QED) is 0.726. The maximum absolute atomic E-state index is 6.15. The first-order valence-electron chi connectivity index (χ1n) is 6.81. The van der Waals surface area contributed by atoms with Gasteiger partial charge < -0.3 is 10.1 Å². The lowest BCUT2D eigenvalue weighted by molar-refractivity contribution is 0.307. The van der Waals surface area contributed by atoms with Crippen LogP contribution >= 0.6 is 22.9 Å². The molecule has 0 bridgehead atoms. The van der Waals surface area contributed by atoms with Crippen LogP contribution < -0.4 is 10.1 Å². The van der Waals surface area contributed by atoms with Gasteiger partial charge in [-0.05, 0) is 30.6 Å². The fraction of sp³-hybridized carbons (Fsp3) is 0.176. The molecule has 1 aromatic heterocycles. The average Bonchev–Trinajstić information content (AvgIpc) is 2.84. The van der Waals surface area contributed by atoms with E-state index in [4.69, 9.17) is 16.3 Å². The van der Waals surface area contributed by atoms with Crippen molar-refractivity contribution in [2.45, 2.75) is 13.2 Å². The molecule has 0 saturated heterocycles. The number of nitrogens with one attached hydrogen (secondary N) is 1. The summed E-state index contributed by atoms with van der Waals surface area (Å²) < 4.78 is 7.22. The Kier molecular flexibility index (Phi) is 4.44. The van der Waals surface area contributed by atoms with E-state index in [0.29, 0.717) is 11.6 Å². The van der Waals surface area contributed by atoms with E-state index in [-0.39, 0.29) is 0 Å². The van der Waals surface area contributed by atoms with Crippen LogP contribution in [0.5, 0.6) is 5.75 Å². The van der Waals surface area contributed by atoms with Gasteiger partial charge in [0.15, 0.2) is 0 Å². The van der Waals surface area contributed by atoms with Gasteiger partial charge in [-0.15, -0.1) is 11.3 Å². The first-order chi connectivity index (χ1) is 10.3. The van der Waals surface area contributed by atoms with Crippen molar-refractivity contribution in [3.8, 4) is 5.75 Å². The van der Waals surface area contributed by atoms with E-state index in [0.717, 1.165) is 12.3 Å². The zero-order valence-corrected chi connectivity index (χ0v) is 13.3. The van der Waals surface area contributed by atoms with Crippen LogP contribution in [0.4, 0.5) is 0 Å². The summed E-state index contributed by atoms with van der Waals surface area (Å²) in [5.41, 5.74) is 1.24. The lowest BCUT2D eigenvalue weighted by Crippen LogP contribution is -2.07. The number of ether oxygens (including phenoxy) is 1. The molecule has 0 amide bonds. The Labute approximate surface area is 133 Å². The van der Waals surface area contributed by atoms with Gasteiger partial charge in [0.25, 0.3) is 0 Å². The number of rotatable bonds is 5. The van der Waals surface area contributed by atoms with Gasteiger partial charge in [-0.3, -0.25) is 0 Å². The molecule has 3 rings (SSSR count). The molecule has 21 heavy (non-hydrogen) atoms. The molecule has 1 N–H and O–H groups in total. The van der Waals surface area contributed by atoms with E-state index < -0.39 is 0 Å². The van der Waals surface area contributed by atoms with Crippen LogP contribution in [0.25, 0.3) is 10.1 Å². The van der Waals surface area contributed by atoms with Gasteiger partial charge in [-0.2, -0.15) is 0 Å². The van der Waals surface area contributed by atoms with Gasteiger partial charge in [-0.25, -0.2) is 0 Å². The minimum atomic E-state index is 0.533. The molecule has 0 aliphatic carbocycles. The first-order valence-corrected chi connectivity index (χ1v) is 8.00. The van der Waals surface area contributed by atoms with Crippen molar-refractivity contribution in [3.05, 3.63) is 64.0 Å². The van der Waals surface area contributed by atoms with Gasteiger partial charge in [0.05, 0.1) is 5.02 Å². The lowest BCUT2D eigenvalue weighted by atomic mass is 10.1. The molecular formula is C17H16ClNOS. The minimum Gasteiger partial charge on any atom is -0.487 e. The second kappa shape index (κ2) is 6.48. The largest absolute Gasteiger partial charge is 0.487 e. The highest BCUT2D eigenvalue weighted by molar-refractivity contribution is 7.19. The highest BCUT2D eigenvalue weighted by Crippen LogP contribution is 2.33. The molecule has 0 aliphatic heterocycles. The molecule has 0 saturated carbocycles. The van der Waals surface area contributed by atoms with Crippen molar-refractivity contribution in [1.29, 1.82) is 0 Å². The second-order valence-corrected chi connectivity index (χ2v) is 6.29. The molecule has 3 aromatic rings. The third kappa shape index (κ3) is 3.05. The van der Waals surface area contributed by atoms with Crippen molar-refractivity contribution < 1.29 is 4.74 Å². The summed E-state index contributed by atoms with van der Waals surface area (Å²) in [6.45, 7) is 1.38. The topological polar surface area (TPSA) is 21.3 Å². The number of para-hydroxylation sites is 1. The number of benzene rings is 2. The molecule has 0 fully saturated rings. The number of thiophene rings is 1. The molecule has 0 radical (unpaired) electrons. The van der Waals surface area contributed by atoms with Crippen molar-refractivity contribution in [2.24, 2.45) is 0 Å². The highest BCUT2D eigenvalue weighted by Gasteiger charge is 2.12. The molecule has 2 aromatic carbocycles. The summed E-state index contributed by atoms with van der Waals surface area (Å²) in [7, 11) is 1.96. The maximum Gasteiger partial charge on any atom is 0.138 e. The van der Waals surface area contributed by atoms with Crippen LogP contribution in [0.1, 0.15) is 10.4 Å². The summed E-state index contributed by atoms with van der Waals surface area (Å²) in [5.74, 6) is 0.727. The average molecular weight is 318 g/mol.